The van der Waals surface area contributed by atoms with E-state index in [1.807, 2.05) is 6.92 Å². The quantitative estimate of drug-likeness (QED) is 0.384. The van der Waals surface area contributed by atoms with Crippen LogP contribution in [0, 0.1) is 23.7 Å². The van der Waals surface area contributed by atoms with Crippen molar-refractivity contribution < 1.29 is 24.1 Å². The summed E-state index contributed by atoms with van der Waals surface area (Å²) in [5, 5.41) is 14.4. The Morgan fingerprint density at radius 3 is 2.74 bits per heavy atom. The number of nitrogens with one attached hydrogen (secondary N) is 1. The third-order valence-corrected chi connectivity index (χ3v) is 8.35. The standard InChI is InChI=1S/C25H41NO5/c1-6-7-12-26-23(27)31-18-9-10-24(5,28)22-20-17(15(2)3)8-11-25(14-29-25)21(20)19(30-22)13-16(18)4/h15,17-22,28H,4,6-14H2,1-3,5H3,(H,26,27)/t17-,18+,19-,20-,21-,22-,24-,25+/m1/s1. The third-order valence-electron chi connectivity index (χ3n) is 8.35. The lowest BCUT2D eigenvalue weighted by Crippen LogP contribution is -2.52. The van der Waals surface area contributed by atoms with Crippen molar-refractivity contribution >= 4 is 6.09 Å². The molecule has 0 aromatic rings. The summed E-state index contributed by atoms with van der Waals surface area (Å²) in [7, 11) is 0. The number of epoxide rings is 1. The van der Waals surface area contributed by atoms with E-state index < -0.39 is 17.8 Å². The molecule has 4 aliphatic rings. The highest BCUT2D eigenvalue weighted by Gasteiger charge is 2.67. The molecule has 3 aliphatic heterocycles. The van der Waals surface area contributed by atoms with Crippen molar-refractivity contribution in [2.45, 2.75) is 102 Å². The number of unbranched alkanes of at least 4 members (excludes halogenated alkanes) is 1. The number of alkyl carbamates (subject to hydrolysis) is 1. The molecule has 0 radical (unpaired) electrons. The maximum absolute atomic E-state index is 12.3. The van der Waals surface area contributed by atoms with Crippen LogP contribution in [0.5, 0.6) is 0 Å². The number of hydrogen-bond donors (Lipinski definition) is 2. The molecule has 6 heteroatoms. The summed E-state index contributed by atoms with van der Waals surface area (Å²) in [5.41, 5.74) is -0.197. The maximum atomic E-state index is 12.3. The molecular formula is C25H41NO5. The van der Waals surface area contributed by atoms with E-state index in [0.29, 0.717) is 43.6 Å². The lowest BCUT2D eigenvalue weighted by atomic mass is 9.59. The Balaban J connectivity index is 1.56. The van der Waals surface area contributed by atoms with E-state index in [1.54, 1.807) is 0 Å². The number of rotatable bonds is 5. The average Bonchev–Trinajstić information content (AvgIpc) is 3.35. The zero-order valence-corrected chi connectivity index (χ0v) is 19.7. The average molecular weight is 436 g/mol. The van der Waals surface area contributed by atoms with Crippen molar-refractivity contribution in [2.24, 2.45) is 23.7 Å². The molecule has 1 spiro atoms. The molecule has 8 atom stereocenters. The molecule has 1 saturated carbocycles. The van der Waals surface area contributed by atoms with Gasteiger partial charge < -0.3 is 24.6 Å². The molecule has 1 aliphatic carbocycles. The minimum Gasteiger partial charge on any atom is -0.442 e. The second kappa shape index (κ2) is 8.68. The number of carbonyl (C=O) groups excluding carboxylic acids is 1. The fourth-order valence-corrected chi connectivity index (χ4v) is 6.53. The van der Waals surface area contributed by atoms with Gasteiger partial charge in [0, 0.05) is 12.5 Å². The predicted octanol–water partition coefficient (Wildman–Crippen LogP) is 4.21. The van der Waals surface area contributed by atoms with Crippen LogP contribution in [0.25, 0.3) is 0 Å². The lowest BCUT2D eigenvalue weighted by molar-refractivity contribution is -0.118. The first kappa shape index (κ1) is 23.1. The van der Waals surface area contributed by atoms with Crippen molar-refractivity contribution in [1.29, 1.82) is 0 Å². The summed E-state index contributed by atoms with van der Waals surface area (Å²) >= 11 is 0. The van der Waals surface area contributed by atoms with Gasteiger partial charge in [0.15, 0.2) is 0 Å². The van der Waals surface area contributed by atoms with Crippen LogP contribution in [0.4, 0.5) is 4.79 Å². The summed E-state index contributed by atoms with van der Waals surface area (Å²) in [4.78, 5) is 12.3. The van der Waals surface area contributed by atoms with Crippen LogP contribution in [0.15, 0.2) is 12.2 Å². The highest BCUT2D eigenvalue weighted by Crippen LogP contribution is 2.61. The zero-order chi connectivity index (χ0) is 22.4. The molecule has 176 valence electrons. The van der Waals surface area contributed by atoms with Gasteiger partial charge in [-0.2, -0.15) is 0 Å². The Morgan fingerprint density at radius 2 is 2.10 bits per heavy atom. The molecule has 0 aromatic carbocycles. The molecule has 4 fully saturated rings. The molecule has 0 unspecified atom stereocenters. The highest BCUT2D eigenvalue weighted by molar-refractivity contribution is 5.67. The van der Waals surface area contributed by atoms with E-state index >= 15 is 0 Å². The van der Waals surface area contributed by atoms with Crippen molar-refractivity contribution in [3.05, 3.63) is 12.2 Å². The van der Waals surface area contributed by atoms with E-state index in [9.17, 15) is 9.90 Å². The SMILES string of the molecule is C=C1C[C@H]2O[C@H]([C@H]3[C@@H]2[C@]2(CC[C@@H]3C(C)C)CO2)[C@](C)(O)CC[C@@H]1OC(=O)NCCCC. The van der Waals surface area contributed by atoms with E-state index in [2.05, 4.69) is 32.7 Å². The van der Waals surface area contributed by atoms with Gasteiger partial charge in [-0.3, -0.25) is 0 Å². The van der Waals surface area contributed by atoms with Crippen LogP contribution >= 0.6 is 0 Å². The number of amides is 1. The summed E-state index contributed by atoms with van der Waals surface area (Å²) in [6, 6.07) is 0. The van der Waals surface area contributed by atoms with Crippen molar-refractivity contribution in [1.82, 2.24) is 5.32 Å². The minimum atomic E-state index is -0.983. The second-order valence-electron chi connectivity index (χ2n) is 10.9. The number of hydrogen-bond acceptors (Lipinski definition) is 5. The van der Waals surface area contributed by atoms with Gasteiger partial charge >= 0.3 is 6.09 Å². The molecule has 1 amide bonds. The molecular weight excluding hydrogens is 394 g/mol. The summed E-state index contributed by atoms with van der Waals surface area (Å²) in [6.07, 6.45) is 4.78. The highest BCUT2D eigenvalue weighted by atomic mass is 16.6. The van der Waals surface area contributed by atoms with Crippen LogP contribution in [0.3, 0.4) is 0 Å². The maximum Gasteiger partial charge on any atom is 0.407 e. The van der Waals surface area contributed by atoms with Gasteiger partial charge in [-0.05, 0) is 68.8 Å². The Kier molecular flexibility index (Phi) is 6.46. The fraction of sp³-hybridized carbons (Fsp3) is 0.880. The molecule has 2 bridgehead atoms. The monoisotopic (exact) mass is 435 g/mol. The first-order valence-electron chi connectivity index (χ1n) is 12.3. The molecule has 31 heavy (non-hydrogen) atoms. The van der Waals surface area contributed by atoms with Crippen molar-refractivity contribution in [3.8, 4) is 0 Å². The Labute approximate surface area is 187 Å². The largest absolute Gasteiger partial charge is 0.442 e. The van der Waals surface area contributed by atoms with Gasteiger partial charge in [0.25, 0.3) is 0 Å². The molecule has 2 N–H and O–H groups in total. The van der Waals surface area contributed by atoms with Crippen LogP contribution in [0.1, 0.15) is 72.6 Å². The van der Waals surface area contributed by atoms with Crippen molar-refractivity contribution in [2.75, 3.05) is 13.2 Å². The van der Waals surface area contributed by atoms with Crippen molar-refractivity contribution in [3.63, 3.8) is 0 Å². The van der Waals surface area contributed by atoms with Gasteiger partial charge in [-0.25, -0.2) is 4.79 Å². The van der Waals surface area contributed by atoms with E-state index in [1.165, 1.54) is 0 Å². The first-order valence-corrected chi connectivity index (χ1v) is 12.3. The Hall–Kier alpha value is -1.11. The van der Waals surface area contributed by atoms with Gasteiger partial charge in [0.05, 0.1) is 30.0 Å². The summed E-state index contributed by atoms with van der Waals surface area (Å²) in [5.74, 6) is 1.61. The molecule has 0 aromatic heterocycles. The van der Waals surface area contributed by atoms with E-state index in [0.717, 1.165) is 37.9 Å². The van der Waals surface area contributed by atoms with Crippen LogP contribution < -0.4 is 5.32 Å². The molecule has 3 saturated heterocycles. The zero-order valence-electron chi connectivity index (χ0n) is 19.7. The van der Waals surface area contributed by atoms with Gasteiger partial charge in [0.2, 0.25) is 0 Å². The third kappa shape index (κ3) is 4.40. The normalized spacial score (nSPS) is 44.4. The number of carbonyl (C=O) groups is 1. The first-order chi connectivity index (χ1) is 14.7. The second-order valence-corrected chi connectivity index (χ2v) is 10.9. The van der Waals surface area contributed by atoms with Crippen LogP contribution in [-0.2, 0) is 14.2 Å². The lowest BCUT2D eigenvalue weighted by Gasteiger charge is -2.45. The number of ether oxygens (including phenoxy) is 3. The van der Waals surface area contributed by atoms with Gasteiger partial charge in [0.1, 0.15) is 6.10 Å². The topological polar surface area (TPSA) is 80.3 Å². The Bertz CT molecular complexity index is 685. The van der Waals surface area contributed by atoms with Gasteiger partial charge in [-0.15, -0.1) is 0 Å². The minimum absolute atomic E-state index is 0.0506. The number of aliphatic hydroxyl groups is 1. The molecule has 4 rings (SSSR count). The fourth-order valence-electron chi connectivity index (χ4n) is 6.53. The smallest absolute Gasteiger partial charge is 0.407 e. The molecule has 6 nitrogen and oxygen atoms in total. The number of fused-ring (bicyclic) bond motifs is 6. The molecule has 3 heterocycles. The van der Waals surface area contributed by atoms with Crippen LogP contribution in [0.2, 0.25) is 0 Å². The predicted molar refractivity (Wildman–Crippen MR) is 119 cm³/mol. The summed E-state index contributed by atoms with van der Waals surface area (Å²) in [6.45, 7) is 14.3. The summed E-state index contributed by atoms with van der Waals surface area (Å²) < 4.78 is 18.5. The van der Waals surface area contributed by atoms with Crippen LogP contribution in [-0.4, -0.2) is 53.9 Å². The Morgan fingerprint density at radius 1 is 1.35 bits per heavy atom. The van der Waals surface area contributed by atoms with E-state index in [-0.39, 0.29) is 23.7 Å². The van der Waals surface area contributed by atoms with Gasteiger partial charge in [-0.1, -0.05) is 33.8 Å². The van der Waals surface area contributed by atoms with E-state index in [4.69, 9.17) is 14.2 Å².